The summed E-state index contributed by atoms with van der Waals surface area (Å²) >= 11 is 0. The first kappa shape index (κ1) is 23.9. The minimum atomic E-state index is -4.02. The summed E-state index contributed by atoms with van der Waals surface area (Å²) in [5.74, 6) is -2.40. The molecule has 1 aromatic heterocycles. The molecule has 2 N–H and O–H groups in total. The zero-order chi connectivity index (χ0) is 23.5. The minimum absolute atomic E-state index is 0.0572. The number of halogens is 2. The van der Waals surface area contributed by atoms with E-state index in [0.29, 0.717) is 29.4 Å². The third-order valence-electron chi connectivity index (χ3n) is 5.58. The molecule has 0 fully saturated rings. The van der Waals surface area contributed by atoms with Crippen LogP contribution in [0, 0.1) is 18.6 Å². The van der Waals surface area contributed by atoms with Gasteiger partial charge in [-0.2, -0.15) is 0 Å². The molecule has 172 valence electrons. The van der Waals surface area contributed by atoms with Gasteiger partial charge in [0.1, 0.15) is 23.1 Å². The van der Waals surface area contributed by atoms with Gasteiger partial charge in [-0.15, -0.1) is 0 Å². The van der Waals surface area contributed by atoms with Gasteiger partial charge in [-0.1, -0.05) is 25.5 Å². The summed E-state index contributed by atoms with van der Waals surface area (Å²) in [6, 6.07) is 9.40. The molecule has 6 nitrogen and oxygen atoms in total. The van der Waals surface area contributed by atoms with E-state index in [1.165, 1.54) is 30.3 Å². The lowest BCUT2D eigenvalue weighted by molar-refractivity contribution is -0.137. The van der Waals surface area contributed by atoms with Crippen molar-refractivity contribution < 1.29 is 27.1 Å². The lowest BCUT2D eigenvalue weighted by atomic mass is 9.89. The molecule has 3 rings (SSSR count). The van der Waals surface area contributed by atoms with Crippen LogP contribution in [-0.2, 0) is 21.4 Å². The van der Waals surface area contributed by atoms with Crippen LogP contribution in [0.3, 0.4) is 0 Å². The van der Waals surface area contributed by atoms with Gasteiger partial charge in [0.05, 0.1) is 0 Å². The quantitative estimate of drug-likeness (QED) is 0.460. The summed E-state index contributed by atoms with van der Waals surface area (Å²) in [7, 11) is -4.02. The van der Waals surface area contributed by atoms with Crippen molar-refractivity contribution in [2.75, 3.05) is 6.54 Å². The van der Waals surface area contributed by atoms with Crippen molar-refractivity contribution in [2.45, 2.75) is 50.5 Å². The second-order valence-corrected chi connectivity index (χ2v) is 9.48. The van der Waals surface area contributed by atoms with E-state index >= 15 is 0 Å². The maximum Gasteiger partial charge on any atom is 0.323 e. The van der Waals surface area contributed by atoms with E-state index in [2.05, 4.69) is 4.72 Å². The van der Waals surface area contributed by atoms with Crippen molar-refractivity contribution in [2.24, 2.45) is 0 Å². The molecule has 1 unspecified atom stereocenters. The highest BCUT2D eigenvalue weighted by molar-refractivity contribution is 7.89. The molecule has 2 aromatic carbocycles. The monoisotopic (exact) mass is 464 g/mol. The van der Waals surface area contributed by atoms with Crippen LogP contribution in [-0.4, -0.2) is 30.6 Å². The topological polar surface area (TPSA) is 88.4 Å². The average Bonchev–Trinajstić information content (AvgIpc) is 2.97. The molecule has 0 aliphatic carbocycles. The first-order valence-corrected chi connectivity index (χ1v) is 11.9. The summed E-state index contributed by atoms with van der Waals surface area (Å²) in [5, 5.41) is 9.94. The number of carboxylic acids is 1. The number of rotatable bonds is 10. The molecule has 0 aliphatic rings. The van der Waals surface area contributed by atoms with Gasteiger partial charge in [0, 0.05) is 23.1 Å². The van der Waals surface area contributed by atoms with Crippen LogP contribution in [0.25, 0.3) is 10.9 Å². The summed E-state index contributed by atoms with van der Waals surface area (Å²) in [6.07, 6.45) is 1.89. The lowest BCUT2D eigenvalue weighted by Crippen LogP contribution is -2.26. The zero-order valence-electron chi connectivity index (χ0n) is 17.9. The molecule has 1 atom stereocenters. The lowest BCUT2D eigenvalue weighted by Gasteiger charge is -2.18. The summed E-state index contributed by atoms with van der Waals surface area (Å²) in [4.78, 5) is 11.0. The molecule has 9 heteroatoms. The number of fused-ring (bicyclic) bond motifs is 1. The minimum Gasteiger partial charge on any atom is -0.480 e. The number of aliphatic carboxylic acids is 1. The molecule has 3 aromatic rings. The Morgan fingerprint density at radius 2 is 1.88 bits per heavy atom. The maximum absolute atomic E-state index is 14.1. The van der Waals surface area contributed by atoms with Crippen LogP contribution in [0.1, 0.15) is 43.4 Å². The molecule has 32 heavy (non-hydrogen) atoms. The highest BCUT2D eigenvalue weighted by Gasteiger charge is 2.24. The number of nitrogens with one attached hydrogen (secondary N) is 1. The number of aromatic nitrogens is 1. The van der Waals surface area contributed by atoms with Gasteiger partial charge in [0.15, 0.2) is 0 Å². The highest BCUT2D eigenvalue weighted by atomic mass is 32.2. The van der Waals surface area contributed by atoms with Crippen LogP contribution in [0.4, 0.5) is 8.78 Å². The summed E-state index contributed by atoms with van der Waals surface area (Å²) in [6.45, 7) is 3.58. The fourth-order valence-corrected chi connectivity index (χ4v) is 5.35. The van der Waals surface area contributed by atoms with Crippen LogP contribution in [0.15, 0.2) is 47.4 Å². The maximum atomic E-state index is 14.1. The normalized spacial score (nSPS) is 12.9. The van der Waals surface area contributed by atoms with Crippen LogP contribution >= 0.6 is 0 Å². The summed E-state index contributed by atoms with van der Waals surface area (Å²) < 4.78 is 57.1. The van der Waals surface area contributed by atoms with E-state index in [9.17, 15) is 27.1 Å². The smallest absolute Gasteiger partial charge is 0.323 e. The molecule has 0 aliphatic heterocycles. The Hall–Kier alpha value is -2.78. The molecule has 0 saturated heterocycles. The van der Waals surface area contributed by atoms with Gasteiger partial charge in [-0.25, -0.2) is 21.9 Å². The third-order valence-corrected chi connectivity index (χ3v) is 7.08. The van der Waals surface area contributed by atoms with E-state index in [1.807, 2.05) is 6.92 Å². The first-order chi connectivity index (χ1) is 15.2. The fourth-order valence-electron chi connectivity index (χ4n) is 4.22. The van der Waals surface area contributed by atoms with Gasteiger partial charge in [0.2, 0.25) is 10.0 Å². The standard InChI is InChI=1S/C23H26F2N2O4S/c1-3-6-16(11-12-26-32(30,31)21-8-5-4-7-19(21)25)23-15(2)27(14-22(28)29)20-10-9-17(24)13-18(20)23/h4-5,7-10,13,16,26H,3,6,11-12,14H2,1-2H3,(H,28,29). The molecule has 0 radical (unpaired) electrons. The molecule has 1 heterocycles. The number of sulfonamides is 1. The van der Waals surface area contributed by atoms with Crippen LogP contribution < -0.4 is 4.72 Å². The van der Waals surface area contributed by atoms with Gasteiger partial charge in [0.25, 0.3) is 0 Å². The Morgan fingerprint density at radius 1 is 1.16 bits per heavy atom. The first-order valence-electron chi connectivity index (χ1n) is 10.4. The Balaban J connectivity index is 1.92. The Bertz CT molecular complexity index is 1240. The van der Waals surface area contributed by atoms with Gasteiger partial charge in [-0.3, -0.25) is 4.79 Å². The van der Waals surface area contributed by atoms with Crippen molar-refractivity contribution in [1.82, 2.24) is 9.29 Å². The number of hydrogen-bond donors (Lipinski definition) is 2. The number of carboxylic acid groups (broad SMARTS) is 1. The number of carbonyl (C=O) groups is 1. The largest absolute Gasteiger partial charge is 0.480 e. The van der Waals surface area contributed by atoms with E-state index in [4.69, 9.17) is 0 Å². The van der Waals surface area contributed by atoms with E-state index in [0.717, 1.165) is 18.1 Å². The molecular formula is C23H26F2N2O4S. The van der Waals surface area contributed by atoms with E-state index in [1.54, 1.807) is 17.6 Å². The van der Waals surface area contributed by atoms with Gasteiger partial charge < -0.3 is 9.67 Å². The second kappa shape index (κ2) is 9.79. The Labute approximate surface area is 185 Å². The SMILES string of the molecule is CCCC(CCNS(=O)(=O)c1ccccc1F)c1c(C)n(CC(=O)O)c2ccc(F)cc12. The predicted molar refractivity (Wildman–Crippen MR) is 118 cm³/mol. The zero-order valence-corrected chi connectivity index (χ0v) is 18.8. The van der Waals surface area contributed by atoms with Gasteiger partial charge in [-0.05, 0) is 61.6 Å². The number of hydrogen-bond acceptors (Lipinski definition) is 3. The molecule has 0 saturated carbocycles. The van der Waals surface area contributed by atoms with Crippen LogP contribution in [0.5, 0.6) is 0 Å². The Morgan fingerprint density at radius 3 is 2.53 bits per heavy atom. The highest BCUT2D eigenvalue weighted by Crippen LogP contribution is 2.36. The van der Waals surface area contributed by atoms with Crippen molar-refractivity contribution in [3.05, 3.63) is 65.4 Å². The number of benzene rings is 2. The van der Waals surface area contributed by atoms with Crippen molar-refractivity contribution >= 4 is 26.9 Å². The molecule has 0 bridgehead atoms. The van der Waals surface area contributed by atoms with Crippen molar-refractivity contribution in [3.8, 4) is 0 Å². The van der Waals surface area contributed by atoms with Crippen molar-refractivity contribution in [1.29, 1.82) is 0 Å². The molecule has 0 spiro atoms. The van der Waals surface area contributed by atoms with E-state index in [-0.39, 0.29) is 19.0 Å². The van der Waals surface area contributed by atoms with Gasteiger partial charge >= 0.3 is 5.97 Å². The second-order valence-electron chi connectivity index (χ2n) is 7.74. The third kappa shape index (κ3) is 4.99. The molecular weight excluding hydrogens is 438 g/mol. The average molecular weight is 465 g/mol. The summed E-state index contributed by atoms with van der Waals surface area (Å²) in [5.41, 5.74) is 2.14. The molecule has 0 amide bonds. The predicted octanol–water partition coefficient (Wildman–Crippen LogP) is 4.56. The number of nitrogens with zero attached hydrogens (tertiary/aromatic N) is 1. The van der Waals surface area contributed by atoms with Crippen LogP contribution in [0.2, 0.25) is 0 Å². The van der Waals surface area contributed by atoms with E-state index < -0.39 is 32.5 Å². The Kier molecular flexibility index (Phi) is 7.30. The fraction of sp³-hybridized carbons (Fsp3) is 0.348. The van der Waals surface area contributed by atoms with Crippen molar-refractivity contribution in [3.63, 3.8) is 0 Å².